The Bertz CT molecular complexity index is 987. The minimum Gasteiger partial charge on any atom is -0.344 e. The van der Waals surface area contributed by atoms with Crippen LogP contribution in [-0.2, 0) is 10.0 Å². The number of sulfonamides is 1. The number of likely N-dealkylation sites (N-methyl/N-ethyl adjacent to an activating group) is 1. The van der Waals surface area contributed by atoms with Crippen LogP contribution in [0.3, 0.4) is 0 Å². The number of amides is 1. The van der Waals surface area contributed by atoms with E-state index in [4.69, 9.17) is 0 Å². The van der Waals surface area contributed by atoms with Crippen LogP contribution in [0.25, 0.3) is 0 Å². The van der Waals surface area contributed by atoms with Gasteiger partial charge in [0.15, 0.2) is 0 Å². The van der Waals surface area contributed by atoms with Gasteiger partial charge in [0.25, 0.3) is 5.91 Å². The third-order valence-electron chi connectivity index (χ3n) is 5.64. The van der Waals surface area contributed by atoms with Gasteiger partial charge < -0.3 is 10.2 Å². The highest BCUT2D eigenvalue weighted by Crippen LogP contribution is 2.20. The Labute approximate surface area is 185 Å². The van der Waals surface area contributed by atoms with Gasteiger partial charge in [0.1, 0.15) is 0 Å². The van der Waals surface area contributed by atoms with Crippen LogP contribution in [0.15, 0.2) is 53.4 Å². The van der Waals surface area contributed by atoms with Crippen molar-refractivity contribution >= 4 is 15.9 Å². The summed E-state index contributed by atoms with van der Waals surface area (Å²) < 4.78 is 27.3. The molecule has 31 heavy (non-hydrogen) atoms. The van der Waals surface area contributed by atoms with Crippen molar-refractivity contribution in [1.82, 2.24) is 19.8 Å². The molecular formula is C23H32N4O3S. The van der Waals surface area contributed by atoms with Crippen molar-refractivity contribution in [3.8, 4) is 0 Å². The minimum absolute atomic E-state index is 0.0976. The van der Waals surface area contributed by atoms with E-state index in [9.17, 15) is 13.2 Å². The lowest BCUT2D eigenvalue weighted by Crippen LogP contribution is -2.47. The van der Waals surface area contributed by atoms with Crippen LogP contribution in [0.2, 0.25) is 0 Å². The molecule has 1 aliphatic heterocycles. The highest BCUT2D eigenvalue weighted by molar-refractivity contribution is 7.89. The molecule has 0 bridgehead atoms. The number of carbonyl (C=O) groups is 1. The maximum atomic E-state index is 13.2. The monoisotopic (exact) mass is 444 g/mol. The molecule has 1 unspecified atom stereocenters. The molecule has 2 aromatic carbocycles. The fraction of sp³-hybridized carbons (Fsp3) is 0.435. The number of carbonyl (C=O) groups excluding carboxylic acids is 1. The van der Waals surface area contributed by atoms with Crippen LogP contribution in [0.1, 0.15) is 34.5 Å². The van der Waals surface area contributed by atoms with E-state index in [1.165, 1.54) is 12.1 Å². The van der Waals surface area contributed by atoms with Gasteiger partial charge in [-0.1, -0.05) is 43.3 Å². The molecule has 2 N–H and O–H groups in total. The first-order chi connectivity index (χ1) is 14.8. The van der Waals surface area contributed by atoms with Gasteiger partial charge in [-0.3, -0.25) is 9.69 Å². The minimum atomic E-state index is -3.63. The Morgan fingerprint density at radius 2 is 1.74 bits per heavy atom. The molecule has 1 saturated heterocycles. The zero-order valence-electron chi connectivity index (χ0n) is 18.5. The number of rotatable bonds is 8. The van der Waals surface area contributed by atoms with Crippen LogP contribution in [0, 0.1) is 6.92 Å². The second-order valence-electron chi connectivity index (χ2n) is 8.02. The second kappa shape index (κ2) is 10.4. The fourth-order valence-corrected chi connectivity index (χ4v) is 4.80. The topological polar surface area (TPSA) is 81.7 Å². The number of piperazine rings is 1. The van der Waals surface area contributed by atoms with E-state index < -0.39 is 10.0 Å². The molecule has 0 aliphatic carbocycles. The summed E-state index contributed by atoms with van der Waals surface area (Å²) in [5.41, 5.74) is 2.14. The zero-order chi connectivity index (χ0) is 22.4. The number of nitrogens with zero attached hydrogens (tertiary/aromatic N) is 2. The molecule has 168 valence electrons. The molecule has 3 rings (SSSR count). The summed E-state index contributed by atoms with van der Waals surface area (Å²) in [6.07, 6.45) is 0. The molecule has 1 fully saturated rings. The molecule has 1 heterocycles. The van der Waals surface area contributed by atoms with Gasteiger partial charge in [-0.05, 0) is 37.2 Å². The van der Waals surface area contributed by atoms with Gasteiger partial charge in [0, 0.05) is 44.8 Å². The number of benzene rings is 2. The zero-order valence-corrected chi connectivity index (χ0v) is 19.3. The second-order valence-corrected chi connectivity index (χ2v) is 9.79. The van der Waals surface area contributed by atoms with Gasteiger partial charge >= 0.3 is 0 Å². The summed E-state index contributed by atoms with van der Waals surface area (Å²) in [6, 6.07) is 14.4. The lowest BCUT2D eigenvalue weighted by atomic mass is 10.0. The third kappa shape index (κ3) is 6.13. The number of aryl methyl sites for hydroxylation is 1. The fourth-order valence-electron chi connectivity index (χ4n) is 3.73. The highest BCUT2D eigenvalue weighted by Gasteiger charge is 2.23. The van der Waals surface area contributed by atoms with Crippen LogP contribution in [0.4, 0.5) is 0 Å². The van der Waals surface area contributed by atoms with Crippen molar-refractivity contribution in [2.24, 2.45) is 0 Å². The number of hydrogen-bond acceptors (Lipinski definition) is 5. The molecule has 8 heteroatoms. The average Bonchev–Trinajstić information content (AvgIpc) is 2.75. The van der Waals surface area contributed by atoms with E-state index in [1.54, 1.807) is 13.0 Å². The summed E-state index contributed by atoms with van der Waals surface area (Å²) >= 11 is 0. The van der Waals surface area contributed by atoms with Gasteiger partial charge in [-0.15, -0.1) is 0 Å². The third-order valence-corrected chi connectivity index (χ3v) is 7.19. The predicted molar refractivity (Wildman–Crippen MR) is 123 cm³/mol. The Morgan fingerprint density at radius 3 is 2.39 bits per heavy atom. The van der Waals surface area contributed by atoms with E-state index in [1.807, 2.05) is 37.3 Å². The van der Waals surface area contributed by atoms with E-state index in [-0.39, 0.29) is 16.8 Å². The van der Waals surface area contributed by atoms with E-state index in [0.29, 0.717) is 18.7 Å². The Balaban J connectivity index is 1.83. The van der Waals surface area contributed by atoms with Crippen LogP contribution in [-0.4, -0.2) is 70.4 Å². The van der Waals surface area contributed by atoms with Gasteiger partial charge in [0.2, 0.25) is 10.0 Å². The van der Waals surface area contributed by atoms with Crippen LogP contribution in [0.5, 0.6) is 0 Å². The average molecular weight is 445 g/mol. The number of hydrogen-bond donors (Lipinski definition) is 2. The molecule has 1 atom stereocenters. The van der Waals surface area contributed by atoms with Gasteiger partial charge in [0.05, 0.1) is 10.9 Å². The van der Waals surface area contributed by atoms with E-state index in [2.05, 4.69) is 26.9 Å². The van der Waals surface area contributed by atoms with Gasteiger partial charge in [-0.2, -0.15) is 0 Å². The lowest BCUT2D eigenvalue weighted by molar-refractivity contribution is 0.0906. The molecule has 0 spiro atoms. The predicted octanol–water partition coefficient (Wildman–Crippen LogP) is 2.01. The Kier molecular flexibility index (Phi) is 7.83. The molecular weight excluding hydrogens is 412 g/mol. The van der Waals surface area contributed by atoms with Crippen molar-refractivity contribution in [1.29, 1.82) is 0 Å². The van der Waals surface area contributed by atoms with Crippen LogP contribution >= 0.6 is 0 Å². The summed E-state index contributed by atoms with van der Waals surface area (Å²) in [5.74, 6) is -0.269. The molecule has 2 aromatic rings. The largest absolute Gasteiger partial charge is 0.344 e. The first-order valence-corrected chi connectivity index (χ1v) is 12.2. The SMILES string of the molecule is CCNS(=O)(=O)c1ccc(C)c(C(=O)NC(CN2CCN(C)CC2)c2ccccc2)c1. The summed E-state index contributed by atoms with van der Waals surface area (Å²) in [4.78, 5) is 18.0. The highest BCUT2D eigenvalue weighted by atomic mass is 32.2. The smallest absolute Gasteiger partial charge is 0.252 e. The van der Waals surface area contributed by atoms with Crippen molar-refractivity contribution in [3.05, 3.63) is 65.2 Å². The molecule has 7 nitrogen and oxygen atoms in total. The molecule has 1 aliphatic rings. The maximum absolute atomic E-state index is 13.2. The lowest BCUT2D eigenvalue weighted by Gasteiger charge is -2.35. The summed E-state index contributed by atoms with van der Waals surface area (Å²) in [5, 5.41) is 3.15. The van der Waals surface area contributed by atoms with Crippen LogP contribution < -0.4 is 10.0 Å². The first kappa shape index (κ1) is 23.4. The Morgan fingerprint density at radius 1 is 1.06 bits per heavy atom. The number of nitrogens with one attached hydrogen (secondary N) is 2. The summed E-state index contributed by atoms with van der Waals surface area (Å²) in [6.45, 7) is 8.43. The molecule has 0 saturated carbocycles. The normalized spacial score (nSPS) is 16.7. The quantitative estimate of drug-likeness (QED) is 0.651. The van der Waals surface area contributed by atoms with Gasteiger partial charge in [-0.25, -0.2) is 13.1 Å². The summed E-state index contributed by atoms with van der Waals surface area (Å²) in [7, 11) is -1.52. The van der Waals surface area contributed by atoms with Crippen molar-refractivity contribution in [3.63, 3.8) is 0 Å². The van der Waals surface area contributed by atoms with Crippen molar-refractivity contribution < 1.29 is 13.2 Å². The Hall–Kier alpha value is -2.26. The van der Waals surface area contributed by atoms with Crippen molar-refractivity contribution in [2.45, 2.75) is 24.8 Å². The standard InChI is InChI=1S/C23H32N4O3S/c1-4-24-31(29,30)20-11-10-18(2)21(16-20)23(28)25-22(19-8-6-5-7-9-19)17-27-14-12-26(3)13-15-27/h5-11,16,22,24H,4,12-15,17H2,1-3H3,(H,25,28). The molecule has 0 aromatic heterocycles. The van der Waals surface area contributed by atoms with E-state index >= 15 is 0 Å². The molecule has 1 amide bonds. The maximum Gasteiger partial charge on any atom is 0.252 e. The first-order valence-electron chi connectivity index (χ1n) is 10.7. The van der Waals surface area contributed by atoms with Crippen molar-refractivity contribution in [2.75, 3.05) is 46.3 Å². The molecule has 0 radical (unpaired) electrons. The van der Waals surface area contributed by atoms with E-state index in [0.717, 1.165) is 37.3 Å².